The molecule has 0 saturated heterocycles. The van der Waals surface area contributed by atoms with E-state index in [9.17, 15) is 4.79 Å². The molecule has 1 amide bonds. The second kappa shape index (κ2) is 6.18. The smallest absolute Gasteiger partial charge is 0.251 e. The van der Waals surface area contributed by atoms with E-state index in [1.165, 1.54) is 5.56 Å². The Morgan fingerprint density at radius 2 is 1.81 bits per heavy atom. The monoisotopic (exact) mass is 288 g/mol. The van der Waals surface area contributed by atoms with Crippen molar-refractivity contribution in [2.24, 2.45) is 0 Å². The topological polar surface area (TPSA) is 32.3 Å². The van der Waals surface area contributed by atoms with Crippen LogP contribution in [-0.4, -0.2) is 36.0 Å². The number of nitrogens with one attached hydrogen (secondary N) is 1. The molecule has 1 heterocycles. The number of hydrogen-bond donors (Lipinski definition) is 1. The summed E-state index contributed by atoms with van der Waals surface area (Å²) >= 11 is 0. The van der Waals surface area contributed by atoms with E-state index in [-0.39, 0.29) is 11.3 Å². The SMILES string of the molecule is CC(C)N(CCC1(C)CNC(=O)c2ccccc21)C(C)C. The van der Waals surface area contributed by atoms with Crippen molar-refractivity contribution in [3.8, 4) is 0 Å². The Morgan fingerprint density at radius 3 is 2.43 bits per heavy atom. The van der Waals surface area contributed by atoms with E-state index in [4.69, 9.17) is 0 Å². The number of benzene rings is 1. The van der Waals surface area contributed by atoms with Gasteiger partial charge in [-0.1, -0.05) is 25.1 Å². The maximum absolute atomic E-state index is 12.0. The van der Waals surface area contributed by atoms with Crippen LogP contribution in [0, 0.1) is 0 Å². The molecule has 0 fully saturated rings. The second-order valence-electron chi connectivity index (χ2n) is 6.96. The standard InChI is InChI=1S/C18H28N2O/c1-13(2)20(14(3)4)11-10-18(5)12-19-17(21)15-8-6-7-9-16(15)18/h6-9,13-14H,10-12H2,1-5H3,(H,19,21). The fourth-order valence-corrected chi connectivity index (χ4v) is 3.38. The highest BCUT2D eigenvalue weighted by molar-refractivity contribution is 5.97. The van der Waals surface area contributed by atoms with Crippen LogP contribution in [0.5, 0.6) is 0 Å². The Morgan fingerprint density at radius 1 is 1.19 bits per heavy atom. The van der Waals surface area contributed by atoms with E-state index < -0.39 is 0 Å². The molecule has 1 aromatic rings. The second-order valence-corrected chi connectivity index (χ2v) is 6.96. The zero-order valence-corrected chi connectivity index (χ0v) is 13.9. The van der Waals surface area contributed by atoms with Gasteiger partial charge in [0.25, 0.3) is 5.91 Å². The van der Waals surface area contributed by atoms with Gasteiger partial charge in [0, 0.05) is 29.6 Å². The van der Waals surface area contributed by atoms with Crippen LogP contribution in [0.25, 0.3) is 0 Å². The van der Waals surface area contributed by atoms with Crippen LogP contribution >= 0.6 is 0 Å². The number of rotatable bonds is 5. The predicted octanol–water partition coefficient (Wildman–Crippen LogP) is 3.20. The lowest BCUT2D eigenvalue weighted by molar-refractivity contribution is 0.0915. The zero-order chi connectivity index (χ0) is 15.6. The Bertz CT molecular complexity index is 502. The summed E-state index contributed by atoms with van der Waals surface area (Å²) in [6.07, 6.45) is 1.06. The number of nitrogens with zero attached hydrogens (tertiary/aromatic N) is 1. The molecule has 0 aromatic heterocycles. The van der Waals surface area contributed by atoms with Crippen LogP contribution in [0.2, 0.25) is 0 Å². The summed E-state index contributed by atoms with van der Waals surface area (Å²) in [7, 11) is 0. The first kappa shape index (κ1) is 16.0. The Balaban J connectivity index is 2.20. The average Bonchev–Trinajstić information content (AvgIpc) is 2.43. The highest BCUT2D eigenvalue weighted by Crippen LogP contribution is 2.33. The number of carbonyl (C=O) groups is 1. The zero-order valence-electron chi connectivity index (χ0n) is 13.9. The van der Waals surface area contributed by atoms with Crippen molar-refractivity contribution in [2.45, 2.75) is 58.5 Å². The first-order valence-corrected chi connectivity index (χ1v) is 7.98. The molecule has 1 unspecified atom stereocenters. The first-order valence-electron chi connectivity index (χ1n) is 7.98. The first-order chi connectivity index (χ1) is 9.85. The van der Waals surface area contributed by atoms with Crippen molar-refractivity contribution in [3.05, 3.63) is 35.4 Å². The summed E-state index contributed by atoms with van der Waals surface area (Å²) in [5.41, 5.74) is 2.06. The van der Waals surface area contributed by atoms with Gasteiger partial charge < -0.3 is 5.32 Å². The van der Waals surface area contributed by atoms with E-state index >= 15 is 0 Å². The lowest BCUT2D eigenvalue weighted by atomic mass is 9.74. The molecule has 3 nitrogen and oxygen atoms in total. The van der Waals surface area contributed by atoms with Gasteiger partial charge in [0.15, 0.2) is 0 Å². The van der Waals surface area contributed by atoms with Crippen molar-refractivity contribution < 1.29 is 4.79 Å². The molecular weight excluding hydrogens is 260 g/mol. The van der Waals surface area contributed by atoms with Gasteiger partial charge in [-0.05, 0) is 52.3 Å². The quantitative estimate of drug-likeness (QED) is 0.902. The van der Waals surface area contributed by atoms with Gasteiger partial charge in [0.2, 0.25) is 0 Å². The van der Waals surface area contributed by atoms with Crippen LogP contribution in [0.3, 0.4) is 0 Å². The normalized spacial score (nSPS) is 21.8. The molecule has 0 bridgehead atoms. The molecular formula is C18H28N2O. The summed E-state index contributed by atoms with van der Waals surface area (Å²) in [6, 6.07) is 9.12. The highest BCUT2D eigenvalue weighted by atomic mass is 16.1. The molecule has 1 atom stereocenters. The molecule has 0 radical (unpaired) electrons. The summed E-state index contributed by atoms with van der Waals surface area (Å²) in [4.78, 5) is 14.5. The molecule has 1 aromatic carbocycles. The third-order valence-corrected chi connectivity index (χ3v) is 4.71. The number of hydrogen-bond acceptors (Lipinski definition) is 2. The van der Waals surface area contributed by atoms with Crippen LogP contribution in [0.15, 0.2) is 24.3 Å². The fraction of sp³-hybridized carbons (Fsp3) is 0.611. The van der Waals surface area contributed by atoms with Gasteiger partial charge in [0.05, 0.1) is 0 Å². The van der Waals surface area contributed by atoms with Gasteiger partial charge in [0.1, 0.15) is 0 Å². The molecule has 0 saturated carbocycles. The average molecular weight is 288 g/mol. The van der Waals surface area contributed by atoms with Crippen LogP contribution in [-0.2, 0) is 5.41 Å². The molecule has 1 N–H and O–H groups in total. The van der Waals surface area contributed by atoms with Crippen molar-refractivity contribution in [1.29, 1.82) is 0 Å². The third kappa shape index (κ3) is 3.29. The van der Waals surface area contributed by atoms with Crippen molar-refractivity contribution >= 4 is 5.91 Å². The minimum absolute atomic E-state index is 0.0204. The van der Waals surface area contributed by atoms with Crippen molar-refractivity contribution in [2.75, 3.05) is 13.1 Å². The lowest BCUT2D eigenvalue weighted by Crippen LogP contribution is -2.48. The summed E-state index contributed by atoms with van der Waals surface area (Å²) in [5, 5.41) is 3.05. The molecule has 0 aliphatic carbocycles. The summed E-state index contributed by atoms with van der Waals surface area (Å²) < 4.78 is 0. The number of fused-ring (bicyclic) bond motifs is 1. The van der Waals surface area contributed by atoms with E-state index in [2.05, 4.69) is 50.9 Å². The number of amides is 1. The van der Waals surface area contributed by atoms with Gasteiger partial charge in [-0.2, -0.15) is 0 Å². The van der Waals surface area contributed by atoms with E-state index in [0.717, 1.165) is 25.1 Å². The minimum atomic E-state index is 0.0204. The van der Waals surface area contributed by atoms with Crippen molar-refractivity contribution in [3.63, 3.8) is 0 Å². The van der Waals surface area contributed by atoms with Crippen LogP contribution in [0.1, 0.15) is 57.0 Å². The molecule has 2 rings (SSSR count). The third-order valence-electron chi connectivity index (χ3n) is 4.71. The summed E-state index contributed by atoms with van der Waals surface area (Å²) in [6.45, 7) is 13.0. The predicted molar refractivity (Wildman–Crippen MR) is 87.7 cm³/mol. The Labute approximate surface area is 128 Å². The van der Waals surface area contributed by atoms with Crippen molar-refractivity contribution in [1.82, 2.24) is 10.2 Å². The lowest BCUT2D eigenvalue weighted by Gasteiger charge is -2.39. The van der Waals surface area contributed by atoms with Gasteiger partial charge >= 0.3 is 0 Å². The number of carbonyl (C=O) groups excluding carboxylic acids is 1. The van der Waals surface area contributed by atoms with E-state index in [1.54, 1.807) is 0 Å². The molecule has 21 heavy (non-hydrogen) atoms. The fourth-order valence-electron chi connectivity index (χ4n) is 3.38. The molecule has 116 valence electrons. The Hall–Kier alpha value is -1.35. The van der Waals surface area contributed by atoms with E-state index in [0.29, 0.717) is 12.1 Å². The molecule has 0 spiro atoms. The van der Waals surface area contributed by atoms with Gasteiger partial charge in [-0.3, -0.25) is 9.69 Å². The largest absolute Gasteiger partial charge is 0.351 e. The van der Waals surface area contributed by atoms with E-state index in [1.807, 2.05) is 18.2 Å². The van der Waals surface area contributed by atoms with Gasteiger partial charge in [-0.25, -0.2) is 0 Å². The minimum Gasteiger partial charge on any atom is -0.351 e. The Kier molecular flexibility index (Phi) is 4.72. The highest BCUT2D eigenvalue weighted by Gasteiger charge is 2.35. The molecule has 1 aliphatic rings. The van der Waals surface area contributed by atoms with Gasteiger partial charge in [-0.15, -0.1) is 0 Å². The molecule has 3 heteroatoms. The maximum atomic E-state index is 12.0. The van der Waals surface area contributed by atoms with Crippen LogP contribution in [0.4, 0.5) is 0 Å². The molecule has 1 aliphatic heterocycles. The maximum Gasteiger partial charge on any atom is 0.251 e. The summed E-state index contributed by atoms with van der Waals surface area (Å²) in [5.74, 6) is 0.0626. The van der Waals surface area contributed by atoms with Crippen LogP contribution < -0.4 is 5.32 Å².